The number of pyridine rings is 1. The molecule has 1 rings (SSSR count). The van der Waals surface area contributed by atoms with Gasteiger partial charge in [-0.05, 0) is 6.92 Å². The summed E-state index contributed by atoms with van der Waals surface area (Å²) < 4.78 is 42.0. The van der Waals surface area contributed by atoms with Gasteiger partial charge in [-0.3, -0.25) is 4.98 Å². The van der Waals surface area contributed by atoms with Crippen LogP contribution in [-0.2, 0) is 10.9 Å². The SMILES string of the molecule is CCOC(=O)c1cncc(O)c1C(F)(F)F. The minimum atomic E-state index is -4.84. The number of nitrogens with zero attached hydrogens (tertiary/aromatic N) is 1. The van der Waals surface area contributed by atoms with Gasteiger partial charge in [-0.25, -0.2) is 4.79 Å². The minimum Gasteiger partial charge on any atom is -0.506 e. The van der Waals surface area contributed by atoms with Crippen LogP contribution < -0.4 is 0 Å². The first-order valence-corrected chi connectivity index (χ1v) is 4.29. The second kappa shape index (κ2) is 4.38. The Bertz CT molecular complexity index is 403. The molecule has 0 spiro atoms. The summed E-state index contributed by atoms with van der Waals surface area (Å²) in [6.07, 6.45) is -3.51. The summed E-state index contributed by atoms with van der Waals surface area (Å²) in [6.45, 7) is 1.40. The van der Waals surface area contributed by atoms with Crippen molar-refractivity contribution in [3.05, 3.63) is 23.5 Å². The van der Waals surface area contributed by atoms with E-state index < -0.39 is 29.0 Å². The highest BCUT2D eigenvalue weighted by atomic mass is 19.4. The van der Waals surface area contributed by atoms with E-state index in [-0.39, 0.29) is 6.61 Å². The summed E-state index contributed by atoms with van der Waals surface area (Å²) in [5.74, 6) is -2.27. The van der Waals surface area contributed by atoms with Crippen LogP contribution in [0.15, 0.2) is 12.4 Å². The Kier molecular flexibility index (Phi) is 3.36. The fraction of sp³-hybridized carbons (Fsp3) is 0.333. The molecule has 0 amide bonds. The van der Waals surface area contributed by atoms with Crippen LogP contribution in [0.5, 0.6) is 5.75 Å². The molecule has 4 nitrogen and oxygen atoms in total. The maximum Gasteiger partial charge on any atom is 0.420 e. The first-order valence-electron chi connectivity index (χ1n) is 4.29. The average molecular weight is 235 g/mol. The molecule has 1 aromatic rings. The number of ether oxygens (including phenoxy) is 1. The lowest BCUT2D eigenvalue weighted by Gasteiger charge is -2.12. The number of carbonyl (C=O) groups excluding carboxylic acids is 1. The summed E-state index contributed by atoms with van der Waals surface area (Å²) in [5, 5.41) is 9.05. The number of hydrogen-bond acceptors (Lipinski definition) is 4. The molecule has 0 atom stereocenters. The van der Waals surface area contributed by atoms with E-state index in [1.807, 2.05) is 0 Å². The van der Waals surface area contributed by atoms with Gasteiger partial charge in [-0.1, -0.05) is 0 Å². The average Bonchev–Trinajstić information content (AvgIpc) is 2.15. The fourth-order valence-corrected chi connectivity index (χ4v) is 1.11. The molecule has 0 fully saturated rings. The first-order chi connectivity index (χ1) is 7.38. The smallest absolute Gasteiger partial charge is 0.420 e. The quantitative estimate of drug-likeness (QED) is 0.796. The largest absolute Gasteiger partial charge is 0.506 e. The summed E-state index contributed by atoms with van der Waals surface area (Å²) >= 11 is 0. The molecule has 0 saturated heterocycles. The van der Waals surface area contributed by atoms with Crippen LogP contribution in [0.3, 0.4) is 0 Å². The van der Waals surface area contributed by atoms with Crippen molar-refractivity contribution < 1.29 is 27.8 Å². The van der Waals surface area contributed by atoms with E-state index >= 15 is 0 Å². The zero-order valence-corrected chi connectivity index (χ0v) is 8.21. The third-order valence-electron chi connectivity index (χ3n) is 1.70. The van der Waals surface area contributed by atoms with Gasteiger partial charge in [0.2, 0.25) is 0 Å². The van der Waals surface area contributed by atoms with E-state index in [9.17, 15) is 18.0 Å². The molecule has 0 radical (unpaired) electrons. The third kappa shape index (κ3) is 2.41. The Hall–Kier alpha value is -1.79. The number of alkyl halides is 3. The predicted molar refractivity (Wildman–Crippen MR) is 46.9 cm³/mol. The van der Waals surface area contributed by atoms with Gasteiger partial charge < -0.3 is 9.84 Å². The molecule has 0 bridgehead atoms. The van der Waals surface area contributed by atoms with Gasteiger partial charge in [-0.15, -0.1) is 0 Å². The number of rotatable bonds is 2. The second-order valence-electron chi connectivity index (χ2n) is 2.80. The molecule has 0 saturated carbocycles. The number of aromatic nitrogens is 1. The third-order valence-corrected chi connectivity index (χ3v) is 1.70. The van der Waals surface area contributed by atoms with E-state index in [0.717, 1.165) is 0 Å². The zero-order valence-electron chi connectivity index (χ0n) is 8.21. The van der Waals surface area contributed by atoms with Gasteiger partial charge in [0.1, 0.15) is 11.3 Å². The molecule has 0 aliphatic rings. The van der Waals surface area contributed by atoms with Gasteiger partial charge in [0.05, 0.1) is 18.4 Å². The van der Waals surface area contributed by atoms with Crippen LogP contribution in [-0.4, -0.2) is 22.7 Å². The number of carbonyl (C=O) groups is 1. The summed E-state index contributed by atoms with van der Waals surface area (Å²) in [5.41, 5.74) is -2.23. The lowest BCUT2D eigenvalue weighted by molar-refractivity contribution is -0.139. The molecular formula is C9H8F3NO3. The highest BCUT2D eigenvalue weighted by Gasteiger charge is 2.39. The second-order valence-corrected chi connectivity index (χ2v) is 2.80. The number of esters is 1. The first kappa shape index (κ1) is 12.3. The van der Waals surface area contributed by atoms with Gasteiger partial charge in [0, 0.05) is 6.20 Å². The zero-order chi connectivity index (χ0) is 12.3. The van der Waals surface area contributed by atoms with E-state index in [1.54, 1.807) is 0 Å². The van der Waals surface area contributed by atoms with E-state index in [1.165, 1.54) is 6.92 Å². The Morgan fingerprint density at radius 2 is 2.12 bits per heavy atom. The Morgan fingerprint density at radius 3 is 2.62 bits per heavy atom. The highest BCUT2D eigenvalue weighted by molar-refractivity contribution is 5.91. The highest BCUT2D eigenvalue weighted by Crippen LogP contribution is 2.37. The molecular weight excluding hydrogens is 227 g/mol. The van der Waals surface area contributed by atoms with Crippen LogP contribution in [0.4, 0.5) is 13.2 Å². The maximum absolute atomic E-state index is 12.5. The molecule has 7 heteroatoms. The Labute approximate surface area is 88.7 Å². The minimum absolute atomic E-state index is 0.0637. The van der Waals surface area contributed by atoms with Crippen LogP contribution >= 0.6 is 0 Å². The van der Waals surface area contributed by atoms with Crippen molar-refractivity contribution in [3.63, 3.8) is 0 Å². The molecule has 1 N–H and O–H groups in total. The van der Waals surface area contributed by atoms with Crippen molar-refractivity contribution in [1.29, 1.82) is 0 Å². The Balaban J connectivity index is 3.29. The van der Waals surface area contributed by atoms with Crippen LogP contribution in [0.25, 0.3) is 0 Å². The van der Waals surface area contributed by atoms with Gasteiger partial charge >= 0.3 is 12.1 Å². The van der Waals surface area contributed by atoms with Crippen molar-refractivity contribution in [2.75, 3.05) is 6.61 Å². The van der Waals surface area contributed by atoms with Crippen molar-refractivity contribution in [2.24, 2.45) is 0 Å². The van der Waals surface area contributed by atoms with Crippen LogP contribution in [0, 0.1) is 0 Å². The van der Waals surface area contributed by atoms with Gasteiger partial charge in [-0.2, -0.15) is 13.2 Å². The molecule has 0 aliphatic heterocycles. The van der Waals surface area contributed by atoms with Gasteiger partial charge in [0.25, 0.3) is 0 Å². The van der Waals surface area contributed by atoms with E-state index in [4.69, 9.17) is 5.11 Å². The van der Waals surface area contributed by atoms with Crippen molar-refractivity contribution in [2.45, 2.75) is 13.1 Å². The summed E-state index contributed by atoms with van der Waals surface area (Å²) in [6, 6.07) is 0. The van der Waals surface area contributed by atoms with Crippen LogP contribution in [0.2, 0.25) is 0 Å². The van der Waals surface area contributed by atoms with E-state index in [0.29, 0.717) is 12.4 Å². The van der Waals surface area contributed by atoms with Gasteiger partial charge in [0.15, 0.2) is 0 Å². The predicted octanol–water partition coefficient (Wildman–Crippen LogP) is 1.98. The standard InChI is InChI=1S/C9H8F3NO3/c1-2-16-8(15)5-3-13-4-6(14)7(5)9(10,11)12/h3-4,14H,2H2,1H3. The van der Waals surface area contributed by atoms with Crippen LogP contribution in [0.1, 0.15) is 22.8 Å². The topological polar surface area (TPSA) is 59.4 Å². The normalized spacial score (nSPS) is 11.2. The molecule has 88 valence electrons. The van der Waals surface area contributed by atoms with Crippen molar-refractivity contribution in [3.8, 4) is 5.75 Å². The van der Waals surface area contributed by atoms with Crippen molar-refractivity contribution in [1.82, 2.24) is 4.98 Å². The summed E-state index contributed by atoms with van der Waals surface area (Å²) in [4.78, 5) is 14.5. The molecule has 16 heavy (non-hydrogen) atoms. The molecule has 0 aromatic carbocycles. The fourth-order valence-electron chi connectivity index (χ4n) is 1.11. The van der Waals surface area contributed by atoms with Crippen molar-refractivity contribution >= 4 is 5.97 Å². The lowest BCUT2D eigenvalue weighted by Crippen LogP contribution is -2.15. The van der Waals surface area contributed by atoms with E-state index in [2.05, 4.69) is 9.72 Å². The summed E-state index contributed by atoms with van der Waals surface area (Å²) in [7, 11) is 0. The molecule has 1 heterocycles. The maximum atomic E-state index is 12.5. The number of hydrogen-bond donors (Lipinski definition) is 1. The Morgan fingerprint density at radius 1 is 1.50 bits per heavy atom. The molecule has 0 aliphatic carbocycles. The monoisotopic (exact) mass is 235 g/mol. The molecule has 0 unspecified atom stereocenters. The molecule has 1 aromatic heterocycles. The lowest BCUT2D eigenvalue weighted by atomic mass is 10.1. The number of aromatic hydroxyl groups is 1. The number of halogens is 3.